The molecular formula is C72H58N2O. The Hall–Kier alpha value is -8.40. The van der Waals surface area contributed by atoms with Crippen LogP contribution < -0.4 is 9.80 Å². The standard InChI is InChI=1S/C72H58N2O/c1-69(2)59-21-13-9-17-49(59)53-31-25-43(37-63(53)69)73(44-26-32-54-50-18-10-14-22-60(50)70(3,4)64(54)38-44)47-29-35-57-58-36-30-48(42-68(58)75-67(57)41-47)74(45-27-33-55-51-19-11-15-23-61(51)71(5,6)65(55)39-45)46-28-34-56-52-20-12-16-24-62(52)72(7,8)66(56)40-46/h9-42H,1-8H3. The molecule has 0 spiro atoms. The lowest BCUT2D eigenvalue weighted by Crippen LogP contribution is -2.18. The number of benzene rings is 10. The summed E-state index contributed by atoms with van der Waals surface area (Å²) in [5.41, 5.74) is 29.1. The number of furan rings is 1. The molecular weight excluding hydrogens is 909 g/mol. The predicted octanol–water partition coefficient (Wildman–Crippen LogP) is 19.8. The van der Waals surface area contributed by atoms with Gasteiger partial charge in [0.2, 0.25) is 0 Å². The number of fused-ring (bicyclic) bond motifs is 15. The van der Waals surface area contributed by atoms with Crippen LogP contribution in [0.4, 0.5) is 34.1 Å². The van der Waals surface area contributed by atoms with Crippen LogP contribution in [0.3, 0.4) is 0 Å². The molecule has 75 heavy (non-hydrogen) atoms. The van der Waals surface area contributed by atoms with Crippen molar-refractivity contribution in [3.05, 3.63) is 251 Å². The summed E-state index contributed by atoms with van der Waals surface area (Å²) in [5, 5.41) is 2.19. The topological polar surface area (TPSA) is 19.6 Å². The van der Waals surface area contributed by atoms with Crippen LogP contribution in [0.15, 0.2) is 211 Å². The van der Waals surface area contributed by atoms with Gasteiger partial charge in [0, 0.05) is 78.7 Å². The molecule has 0 radical (unpaired) electrons. The summed E-state index contributed by atoms with van der Waals surface area (Å²) < 4.78 is 7.12. The maximum atomic E-state index is 7.12. The van der Waals surface area contributed by atoms with Crippen molar-refractivity contribution >= 4 is 56.1 Å². The normalized spacial score (nSPS) is 15.9. The lowest BCUT2D eigenvalue weighted by molar-refractivity contribution is 0.659. The molecule has 0 aliphatic heterocycles. The molecule has 362 valence electrons. The molecule has 1 aromatic heterocycles. The highest BCUT2D eigenvalue weighted by molar-refractivity contribution is 6.08. The van der Waals surface area contributed by atoms with Crippen LogP contribution in [0.5, 0.6) is 0 Å². The molecule has 3 nitrogen and oxygen atoms in total. The van der Waals surface area contributed by atoms with Crippen molar-refractivity contribution in [1.29, 1.82) is 0 Å². The Balaban J connectivity index is 0.884. The first kappa shape index (κ1) is 44.1. The zero-order chi connectivity index (χ0) is 50.9. The number of rotatable bonds is 6. The highest BCUT2D eigenvalue weighted by Gasteiger charge is 2.40. The van der Waals surface area contributed by atoms with Gasteiger partial charge in [0.15, 0.2) is 0 Å². The smallest absolute Gasteiger partial charge is 0.137 e. The van der Waals surface area contributed by atoms with Crippen LogP contribution in [0.1, 0.15) is 99.9 Å². The van der Waals surface area contributed by atoms with E-state index in [1.54, 1.807) is 0 Å². The van der Waals surface area contributed by atoms with Gasteiger partial charge < -0.3 is 14.2 Å². The third-order valence-electron chi connectivity index (χ3n) is 18.3. The van der Waals surface area contributed by atoms with Crippen LogP contribution in [0, 0.1) is 0 Å². The van der Waals surface area contributed by atoms with Gasteiger partial charge >= 0.3 is 0 Å². The van der Waals surface area contributed by atoms with E-state index in [0.29, 0.717) is 0 Å². The summed E-state index contributed by atoms with van der Waals surface area (Å²) in [7, 11) is 0. The average molecular weight is 967 g/mol. The van der Waals surface area contributed by atoms with E-state index in [1.165, 1.54) is 89.0 Å². The van der Waals surface area contributed by atoms with E-state index in [2.05, 4.69) is 271 Å². The first-order chi connectivity index (χ1) is 36.2. The molecule has 1 heterocycles. The molecule has 3 heteroatoms. The molecule has 0 bridgehead atoms. The van der Waals surface area contributed by atoms with Crippen LogP contribution >= 0.6 is 0 Å². The van der Waals surface area contributed by atoms with E-state index >= 15 is 0 Å². The minimum atomic E-state index is -0.147. The van der Waals surface area contributed by atoms with Crippen molar-refractivity contribution in [2.24, 2.45) is 0 Å². The van der Waals surface area contributed by atoms with E-state index in [-0.39, 0.29) is 21.7 Å². The van der Waals surface area contributed by atoms with Crippen LogP contribution in [-0.2, 0) is 21.7 Å². The van der Waals surface area contributed by atoms with Gasteiger partial charge in [-0.3, -0.25) is 0 Å². The fraction of sp³-hybridized carbons (Fsp3) is 0.167. The van der Waals surface area contributed by atoms with E-state index in [4.69, 9.17) is 4.42 Å². The molecule has 4 aliphatic carbocycles. The second kappa shape index (κ2) is 15.1. The zero-order valence-corrected chi connectivity index (χ0v) is 43.9. The second-order valence-corrected chi connectivity index (χ2v) is 23.7. The number of anilines is 6. The maximum absolute atomic E-state index is 7.12. The second-order valence-electron chi connectivity index (χ2n) is 23.7. The molecule has 11 aromatic rings. The maximum Gasteiger partial charge on any atom is 0.137 e. The average Bonchev–Trinajstić information content (AvgIpc) is 4.12. The Bertz CT molecular complexity index is 3790. The molecule has 0 unspecified atom stereocenters. The van der Waals surface area contributed by atoms with Gasteiger partial charge in [-0.15, -0.1) is 0 Å². The summed E-state index contributed by atoms with van der Waals surface area (Å²) >= 11 is 0. The fourth-order valence-electron chi connectivity index (χ4n) is 14.3. The summed E-state index contributed by atoms with van der Waals surface area (Å²) in [6.45, 7) is 18.9. The first-order valence-corrected chi connectivity index (χ1v) is 26.7. The van der Waals surface area contributed by atoms with Crippen LogP contribution in [-0.4, -0.2) is 0 Å². The van der Waals surface area contributed by atoms with Gasteiger partial charge in [-0.05, 0) is 162 Å². The summed E-state index contributed by atoms with van der Waals surface area (Å²) in [5.74, 6) is 0. The zero-order valence-electron chi connectivity index (χ0n) is 43.9. The molecule has 0 saturated heterocycles. The number of nitrogens with zero attached hydrogens (tertiary/aromatic N) is 2. The van der Waals surface area contributed by atoms with E-state index < -0.39 is 0 Å². The van der Waals surface area contributed by atoms with Gasteiger partial charge in [-0.1, -0.05) is 177 Å². The molecule has 10 aromatic carbocycles. The van der Waals surface area contributed by atoms with Crippen molar-refractivity contribution < 1.29 is 4.42 Å². The first-order valence-electron chi connectivity index (χ1n) is 26.7. The SMILES string of the molecule is CC1(C)c2ccccc2-c2ccc(N(c3ccc4c(c3)C(C)(C)c3ccccc3-4)c3ccc4c(c3)oc3cc(N(c5ccc6c(c5)C(C)(C)c5ccccc5-6)c5ccc6c(c5)C(C)(C)c5ccccc5-6)ccc34)cc21. The Morgan fingerprint density at radius 1 is 0.240 bits per heavy atom. The third-order valence-corrected chi connectivity index (χ3v) is 18.3. The predicted molar refractivity (Wildman–Crippen MR) is 313 cm³/mol. The Morgan fingerprint density at radius 2 is 0.467 bits per heavy atom. The lowest BCUT2D eigenvalue weighted by Gasteiger charge is -2.29. The largest absolute Gasteiger partial charge is 0.456 e. The highest BCUT2D eigenvalue weighted by Crippen LogP contribution is 2.56. The minimum Gasteiger partial charge on any atom is -0.456 e. The van der Waals surface area contributed by atoms with Gasteiger partial charge in [0.25, 0.3) is 0 Å². The fourth-order valence-corrected chi connectivity index (χ4v) is 14.3. The van der Waals surface area contributed by atoms with Crippen LogP contribution in [0.2, 0.25) is 0 Å². The van der Waals surface area contributed by atoms with Crippen molar-refractivity contribution in [3.8, 4) is 44.5 Å². The Kier molecular flexibility index (Phi) is 8.89. The third kappa shape index (κ3) is 6.04. The molecule has 4 aliphatic rings. The van der Waals surface area contributed by atoms with Crippen molar-refractivity contribution in [3.63, 3.8) is 0 Å². The Morgan fingerprint density at radius 3 is 0.747 bits per heavy atom. The van der Waals surface area contributed by atoms with Crippen molar-refractivity contribution in [2.45, 2.75) is 77.0 Å². The number of hydrogen-bond donors (Lipinski definition) is 0. The number of hydrogen-bond acceptors (Lipinski definition) is 3. The molecule has 15 rings (SSSR count). The van der Waals surface area contributed by atoms with E-state index in [0.717, 1.165) is 56.1 Å². The van der Waals surface area contributed by atoms with E-state index in [1.807, 2.05) is 0 Å². The van der Waals surface area contributed by atoms with Crippen molar-refractivity contribution in [1.82, 2.24) is 0 Å². The van der Waals surface area contributed by atoms with Crippen LogP contribution in [0.25, 0.3) is 66.4 Å². The molecule has 0 atom stereocenters. The van der Waals surface area contributed by atoms with E-state index in [9.17, 15) is 0 Å². The summed E-state index contributed by atoms with van der Waals surface area (Å²) in [6.07, 6.45) is 0. The summed E-state index contributed by atoms with van der Waals surface area (Å²) in [4.78, 5) is 4.89. The van der Waals surface area contributed by atoms with Gasteiger partial charge in [0.05, 0.1) is 0 Å². The van der Waals surface area contributed by atoms with Crippen molar-refractivity contribution in [2.75, 3.05) is 9.80 Å². The van der Waals surface area contributed by atoms with Gasteiger partial charge in [-0.25, -0.2) is 0 Å². The molecule has 0 saturated carbocycles. The Labute approximate surface area is 440 Å². The quantitative estimate of drug-likeness (QED) is 0.166. The molecule has 0 N–H and O–H groups in total. The minimum absolute atomic E-state index is 0.147. The molecule has 0 amide bonds. The van der Waals surface area contributed by atoms with Gasteiger partial charge in [-0.2, -0.15) is 0 Å². The lowest BCUT2D eigenvalue weighted by atomic mass is 9.82. The summed E-state index contributed by atoms with van der Waals surface area (Å²) in [6, 6.07) is 77.6. The van der Waals surface area contributed by atoms with Gasteiger partial charge in [0.1, 0.15) is 11.2 Å². The molecule has 0 fully saturated rings. The highest BCUT2D eigenvalue weighted by atomic mass is 16.3. The monoisotopic (exact) mass is 966 g/mol.